The fourth-order valence-corrected chi connectivity index (χ4v) is 5.06. The van der Waals surface area contributed by atoms with Gasteiger partial charge in [-0.25, -0.2) is 0 Å². The molecule has 0 spiro atoms. The maximum Gasteiger partial charge on any atom is 0.325 e. The first kappa shape index (κ1) is 23.3. The number of imide groups is 1. The molecule has 7 nitrogen and oxygen atoms in total. The van der Waals surface area contributed by atoms with E-state index >= 15 is 0 Å². The van der Waals surface area contributed by atoms with E-state index in [0.29, 0.717) is 13.0 Å². The van der Waals surface area contributed by atoms with E-state index in [1.165, 1.54) is 4.90 Å². The summed E-state index contributed by atoms with van der Waals surface area (Å²) in [7, 11) is 0. The number of amides is 2. The Labute approximate surface area is 184 Å². The average molecular weight is 431 g/mol. The van der Waals surface area contributed by atoms with Gasteiger partial charge in [-0.05, 0) is 50.8 Å². The van der Waals surface area contributed by atoms with Crippen LogP contribution in [0.1, 0.15) is 66.0 Å². The Morgan fingerprint density at radius 1 is 1.19 bits per heavy atom. The molecule has 0 saturated carbocycles. The van der Waals surface area contributed by atoms with E-state index in [0.717, 1.165) is 17.7 Å². The Balaban J connectivity index is 2.10. The smallest absolute Gasteiger partial charge is 0.325 e. The summed E-state index contributed by atoms with van der Waals surface area (Å²) in [5.74, 6) is -3.13. The molecule has 0 bridgehead atoms. The van der Waals surface area contributed by atoms with Gasteiger partial charge in [0.1, 0.15) is 11.3 Å². The number of hydrogen-bond acceptors (Lipinski definition) is 5. The number of carboxylic acid groups (broad SMARTS) is 1. The predicted octanol–water partition coefficient (Wildman–Crippen LogP) is 3.39. The van der Waals surface area contributed by atoms with E-state index in [-0.39, 0.29) is 11.8 Å². The minimum Gasteiger partial charge on any atom is -0.494 e. The van der Waals surface area contributed by atoms with E-state index in [9.17, 15) is 19.5 Å². The number of likely N-dealkylation sites (tertiary alicyclic amines) is 1. The molecule has 0 radical (unpaired) electrons. The van der Waals surface area contributed by atoms with E-state index in [1.54, 1.807) is 20.8 Å². The molecule has 31 heavy (non-hydrogen) atoms. The Bertz CT molecular complexity index is 860. The SMILES string of the molecule is CCCOc1ccc(C2NC(C(=O)O)(C(C)CC)C3C(=O)N(C(C)(C)C)C(=O)C23)cc1. The summed E-state index contributed by atoms with van der Waals surface area (Å²) in [6, 6.07) is 6.79. The summed E-state index contributed by atoms with van der Waals surface area (Å²) < 4.78 is 5.65. The molecule has 5 unspecified atom stereocenters. The molecule has 3 rings (SSSR count). The van der Waals surface area contributed by atoms with E-state index in [4.69, 9.17) is 4.74 Å². The highest BCUT2D eigenvalue weighted by Crippen LogP contribution is 2.53. The third kappa shape index (κ3) is 3.63. The summed E-state index contributed by atoms with van der Waals surface area (Å²) in [6.07, 6.45) is 1.46. The van der Waals surface area contributed by atoms with Gasteiger partial charge in [-0.1, -0.05) is 39.3 Å². The van der Waals surface area contributed by atoms with Crippen molar-refractivity contribution in [1.29, 1.82) is 0 Å². The van der Waals surface area contributed by atoms with E-state index in [1.807, 2.05) is 45.0 Å². The van der Waals surface area contributed by atoms with Crippen LogP contribution in [0.2, 0.25) is 0 Å². The number of benzene rings is 1. The Morgan fingerprint density at radius 3 is 2.29 bits per heavy atom. The maximum atomic E-state index is 13.5. The molecule has 5 atom stereocenters. The monoisotopic (exact) mass is 430 g/mol. The van der Waals surface area contributed by atoms with Gasteiger partial charge in [0, 0.05) is 11.6 Å². The second-order valence-corrected chi connectivity index (χ2v) is 9.71. The average Bonchev–Trinajstić information content (AvgIpc) is 3.20. The molecule has 2 saturated heterocycles. The maximum absolute atomic E-state index is 13.5. The van der Waals surface area contributed by atoms with Gasteiger partial charge in [0.2, 0.25) is 11.8 Å². The second-order valence-electron chi connectivity index (χ2n) is 9.71. The number of carbonyl (C=O) groups excluding carboxylic acids is 2. The molecule has 2 fully saturated rings. The van der Waals surface area contributed by atoms with Crippen LogP contribution in [-0.2, 0) is 14.4 Å². The van der Waals surface area contributed by atoms with Crippen molar-refractivity contribution < 1.29 is 24.2 Å². The Hall–Kier alpha value is -2.41. The third-order valence-electron chi connectivity index (χ3n) is 6.72. The lowest BCUT2D eigenvalue weighted by molar-refractivity contribution is -0.156. The summed E-state index contributed by atoms with van der Waals surface area (Å²) in [5.41, 5.74) is -1.45. The van der Waals surface area contributed by atoms with Gasteiger partial charge < -0.3 is 9.84 Å². The zero-order valence-electron chi connectivity index (χ0n) is 19.3. The van der Waals surface area contributed by atoms with Crippen molar-refractivity contribution in [3.63, 3.8) is 0 Å². The minimum absolute atomic E-state index is 0.308. The quantitative estimate of drug-likeness (QED) is 0.644. The van der Waals surface area contributed by atoms with Gasteiger partial charge in [-0.2, -0.15) is 0 Å². The number of fused-ring (bicyclic) bond motifs is 1. The third-order valence-corrected chi connectivity index (χ3v) is 6.72. The first-order chi connectivity index (χ1) is 14.5. The van der Waals surface area contributed by atoms with Gasteiger partial charge >= 0.3 is 5.97 Å². The van der Waals surface area contributed by atoms with Crippen LogP contribution in [0.5, 0.6) is 5.75 Å². The van der Waals surface area contributed by atoms with Gasteiger partial charge in [0.05, 0.1) is 18.4 Å². The van der Waals surface area contributed by atoms with Crippen molar-refractivity contribution in [3.05, 3.63) is 29.8 Å². The van der Waals surface area contributed by atoms with Crippen LogP contribution in [0, 0.1) is 17.8 Å². The van der Waals surface area contributed by atoms with Crippen LogP contribution in [-0.4, -0.2) is 45.5 Å². The number of aliphatic carboxylic acids is 1. The van der Waals surface area contributed by atoms with Crippen LogP contribution < -0.4 is 10.1 Å². The number of ether oxygens (including phenoxy) is 1. The molecule has 0 aliphatic carbocycles. The molecular weight excluding hydrogens is 396 g/mol. The largest absolute Gasteiger partial charge is 0.494 e. The van der Waals surface area contributed by atoms with Gasteiger partial charge in [-0.3, -0.25) is 24.6 Å². The van der Waals surface area contributed by atoms with Crippen molar-refractivity contribution >= 4 is 17.8 Å². The van der Waals surface area contributed by atoms with Crippen LogP contribution in [0.3, 0.4) is 0 Å². The number of carbonyl (C=O) groups is 3. The summed E-state index contributed by atoms with van der Waals surface area (Å²) >= 11 is 0. The molecule has 2 N–H and O–H groups in total. The number of carboxylic acids is 1. The normalized spacial score (nSPS) is 29.2. The molecule has 7 heteroatoms. The Morgan fingerprint density at radius 2 is 1.81 bits per heavy atom. The molecule has 2 aliphatic rings. The molecule has 1 aromatic rings. The van der Waals surface area contributed by atoms with Crippen LogP contribution in [0.25, 0.3) is 0 Å². The van der Waals surface area contributed by atoms with E-state index < -0.39 is 40.8 Å². The molecular formula is C24H34N2O5. The highest BCUT2D eigenvalue weighted by Gasteiger charge is 2.70. The lowest BCUT2D eigenvalue weighted by Crippen LogP contribution is -2.60. The topological polar surface area (TPSA) is 95.9 Å². The highest BCUT2D eigenvalue weighted by atomic mass is 16.5. The van der Waals surface area contributed by atoms with Crippen molar-refractivity contribution in [2.24, 2.45) is 17.8 Å². The number of nitrogens with zero attached hydrogens (tertiary/aromatic N) is 1. The summed E-state index contributed by atoms with van der Waals surface area (Å²) in [5, 5.41) is 13.6. The molecule has 2 heterocycles. The predicted molar refractivity (Wildman–Crippen MR) is 117 cm³/mol. The van der Waals surface area contributed by atoms with E-state index in [2.05, 4.69) is 5.32 Å². The van der Waals surface area contributed by atoms with Crippen molar-refractivity contribution in [2.75, 3.05) is 6.61 Å². The number of hydrogen-bond donors (Lipinski definition) is 2. The van der Waals surface area contributed by atoms with Crippen molar-refractivity contribution in [3.8, 4) is 5.75 Å². The molecule has 1 aromatic carbocycles. The first-order valence-electron chi connectivity index (χ1n) is 11.1. The van der Waals surface area contributed by atoms with Gasteiger partial charge in [0.25, 0.3) is 0 Å². The minimum atomic E-state index is -1.51. The lowest BCUT2D eigenvalue weighted by Gasteiger charge is -2.38. The molecule has 2 amide bonds. The fourth-order valence-electron chi connectivity index (χ4n) is 5.06. The van der Waals surface area contributed by atoms with Crippen LogP contribution in [0.15, 0.2) is 24.3 Å². The first-order valence-corrected chi connectivity index (χ1v) is 11.1. The van der Waals surface area contributed by atoms with Crippen molar-refractivity contribution in [1.82, 2.24) is 10.2 Å². The van der Waals surface area contributed by atoms with Gasteiger partial charge in [0.15, 0.2) is 0 Å². The van der Waals surface area contributed by atoms with Crippen LogP contribution >= 0.6 is 0 Å². The second kappa shape index (κ2) is 8.26. The highest BCUT2D eigenvalue weighted by molar-refractivity contribution is 6.10. The van der Waals surface area contributed by atoms with Crippen LogP contribution in [0.4, 0.5) is 0 Å². The lowest BCUT2D eigenvalue weighted by atomic mass is 9.72. The standard InChI is InChI=1S/C24H34N2O5/c1-7-13-31-16-11-9-15(10-12-16)19-17-18(21(28)26(20(17)27)23(4,5)6)24(25-19,22(29)30)14(3)8-2/h9-12,14,17-19,25H,7-8,13H2,1-6H3,(H,29,30). The molecule has 2 aliphatic heterocycles. The van der Waals surface area contributed by atoms with Gasteiger partial charge in [-0.15, -0.1) is 0 Å². The van der Waals surface area contributed by atoms with Crippen molar-refractivity contribution in [2.45, 2.75) is 71.5 Å². The zero-order chi connectivity index (χ0) is 23.1. The summed E-state index contributed by atoms with van der Waals surface area (Å²) in [4.78, 5) is 41.0. The zero-order valence-corrected chi connectivity index (χ0v) is 19.3. The molecule has 0 aromatic heterocycles. The molecule has 170 valence electrons. The number of rotatable bonds is 7. The summed E-state index contributed by atoms with van der Waals surface area (Å²) in [6.45, 7) is 11.8. The Kier molecular flexibility index (Phi) is 6.20. The number of nitrogens with one attached hydrogen (secondary N) is 1. The fraction of sp³-hybridized carbons (Fsp3) is 0.625.